The van der Waals surface area contributed by atoms with E-state index in [2.05, 4.69) is 20.6 Å². The number of alkyl carbamates (subject to hydrolysis) is 1. The second-order valence-electron chi connectivity index (χ2n) is 5.74. The molecular formula is C14H24N4O4. The van der Waals surface area contributed by atoms with Crippen LogP contribution >= 0.6 is 0 Å². The Hall–Kier alpha value is -2.09. The van der Waals surface area contributed by atoms with Crippen molar-refractivity contribution >= 4 is 12.1 Å². The number of nitrogens with zero attached hydrogens (tertiary/aromatic N) is 1. The number of aromatic nitrogens is 2. The van der Waals surface area contributed by atoms with Gasteiger partial charge in [-0.05, 0) is 20.8 Å². The van der Waals surface area contributed by atoms with Crippen molar-refractivity contribution in [3.8, 4) is 0 Å². The van der Waals surface area contributed by atoms with Crippen LogP contribution in [0.15, 0.2) is 12.5 Å². The molecule has 1 atom stereocenters. The second-order valence-corrected chi connectivity index (χ2v) is 5.74. The lowest BCUT2D eigenvalue weighted by atomic mass is 10.1. The maximum Gasteiger partial charge on any atom is 0.407 e. The van der Waals surface area contributed by atoms with E-state index < -0.39 is 17.7 Å². The Kier molecular flexibility index (Phi) is 6.84. The summed E-state index contributed by atoms with van der Waals surface area (Å²) >= 11 is 0. The van der Waals surface area contributed by atoms with Crippen molar-refractivity contribution in [3.63, 3.8) is 0 Å². The SMILES string of the molecule is COC(=O)C(Cc1cnc[nH]1)NCCNC(=O)OC(C)(C)C. The molecule has 0 aliphatic carbocycles. The average molecular weight is 312 g/mol. The average Bonchev–Trinajstić information content (AvgIpc) is 2.92. The normalized spacial score (nSPS) is 12.5. The summed E-state index contributed by atoms with van der Waals surface area (Å²) in [6.07, 6.45) is 3.14. The Balaban J connectivity index is 2.35. The van der Waals surface area contributed by atoms with Crippen molar-refractivity contribution in [1.82, 2.24) is 20.6 Å². The molecule has 0 radical (unpaired) electrons. The van der Waals surface area contributed by atoms with Gasteiger partial charge < -0.3 is 25.1 Å². The van der Waals surface area contributed by atoms with E-state index in [9.17, 15) is 9.59 Å². The van der Waals surface area contributed by atoms with Crippen LogP contribution < -0.4 is 10.6 Å². The number of methoxy groups -OCH3 is 1. The monoisotopic (exact) mass is 312 g/mol. The lowest BCUT2D eigenvalue weighted by Crippen LogP contribution is -2.44. The van der Waals surface area contributed by atoms with Crippen LogP contribution in [-0.2, 0) is 20.7 Å². The van der Waals surface area contributed by atoms with Crippen molar-refractivity contribution in [3.05, 3.63) is 18.2 Å². The van der Waals surface area contributed by atoms with Crippen LogP contribution in [0.1, 0.15) is 26.5 Å². The summed E-state index contributed by atoms with van der Waals surface area (Å²) in [5.41, 5.74) is 0.287. The summed E-state index contributed by atoms with van der Waals surface area (Å²) in [5.74, 6) is -0.369. The molecule has 3 N–H and O–H groups in total. The van der Waals surface area contributed by atoms with Gasteiger partial charge in [0.2, 0.25) is 0 Å². The van der Waals surface area contributed by atoms with Crippen LogP contribution in [0.2, 0.25) is 0 Å². The Bertz CT molecular complexity index is 468. The molecule has 0 saturated heterocycles. The highest BCUT2D eigenvalue weighted by Crippen LogP contribution is 2.06. The number of rotatable bonds is 7. The van der Waals surface area contributed by atoms with Gasteiger partial charge in [0.1, 0.15) is 11.6 Å². The van der Waals surface area contributed by atoms with Crippen LogP contribution in [0.3, 0.4) is 0 Å². The maximum atomic E-state index is 11.7. The van der Waals surface area contributed by atoms with Crippen molar-refractivity contribution in [1.29, 1.82) is 0 Å². The first-order valence-electron chi connectivity index (χ1n) is 7.07. The van der Waals surface area contributed by atoms with E-state index >= 15 is 0 Å². The van der Waals surface area contributed by atoms with E-state index in [4.69, 9.17) is 9.47 Å². The van der Waals surface area contributed by atoms with Gasteiger partial charge in [0, 0.05) is 31.4 Å². The molecule has 0 aliphatic rings. The number of hydrogen-bond donors (Lipinski definition) is 3. The van der Waals surface area contributed by atoms with Gasteiger partial charge in [0.05, 0.1) is 13.4 Å². The highest BCUT2D eigenvalue weighted by atomic mass is 16.6. The molecule has 0 spiro atoms. The summed E-state index contributed by atoms with van der Waals surface area (Å²) in [6.45, 7) is 6.13. The third kappa shape index (κ3) is 7.07. The predicted octanol–water partition coefficient (Wildman–Crippen LogP) is 0.608. The van der Waals surface area contributed by atoms with E-state index in [0.29, 0.717) is 19.5 Å². The van der Waals surface area contributed by atoms with Crippen molar-refractivity contribution in [2.24, 2.45) is 0 Å². The molecule has 1 rings (SSSR count). The van der Waals surface area contributed by atoms with E-state index in [1.54, 1.807) is 33.3 Å². The van der Waals surface area contributed by atoms with Gasteiger partial charge in [0.15, 0.2) is 0 Å². The van der Waals surface area contributed by atoms with Crippen LogP contribution in [0, 0.1) is 0 Å². The first-order chi connectivity index (χ1) is 10.3. The molecule has 1 heterocycles. The second kappa shape index (κ2) is 8.38. The largest absolute Gasteiger partial charge is 0.468 e. The fourth-order valence-corrected chi connectivity index (χ4v) is 1.72. The number of imidazole rings is 1. The first-order valence-corrected chi connectivity index (χ1v) is 7.07. The van der Waals surface area contributed by atoms with Gasteiger partial charge in [-0.3, -0.25) is 4.79 Å². The molecule has 1 unspecified atom stereocenters. The number of carbonyl (C=O) groups excluding carboxylic acids is 2. The van der Waals surface area contributed by atoms with Crippen molar-refractivity contribution in [2.75, 3.05) is 20.2 Å². The van der Waals surface area contributed by atoms with Crippen LogP contribution in [-0.4, -0.2) is 53.9 Å². The Morgan fingerprint density at radius 1 is 1.36 bits per heavy atom. The minimum Gasteiger partial charge on any atom is -0.468 e. The third-order valence-corrected chi connectivity index (χ3v) is 2.65. The van der Waals surface area contributed by atoms with Gasteiger partial charge in [-0.15, -0.1) is 0 Å². The molecule has 1 amide bonds. The van der Waals surface area contributed by atoms with E-state index in [-0.39, 0.29) is 5.97 Å². The smallest absolute Gasteiger partial charge is 0.407 e. The number of nitrogens with one attached hydrogen (secondary N) is 3. The number of amides is 1. The quantitative estimate of drug-likeness (QED) is 0.503. The van der Waals surface area contributed by atoms with Crippen LogP contribution in [0.4, 0.5) is 4.79 Å². The lowest BCUT2D eigenvalue weighted by Gasteiger charge is -2.20. The highest BCUT2D eigenvalue weighted by molar-refractivity contribution is 5.76. The zero-order valence-corrected chi connectivity index (χ0v) is 13.4. The molecule has 8 heteroatoms. The number of esters is 1. The van der Waals surface area contributed by atoms with Gasteiger partial charge >= 0.3 is 12.1 Å². The highest BCUT2D eigenvalue weighted by Gasteiger charge is 2.20. The standard InChI is InChI=1S/C14H24N4O4/c1-14(2,3)22-13(20)17-6-5-16-11(12(19)21-4)7-10-8-15-9-18-10/h8-9,11,16H,5-7H2,1-4H3,(H,15,18)(H,17,20). The fourth-order valence-electron chi connectivity index (χ4n) is 1.72. The van der Waals surface area contributed by atoms with Gasteiger partial charge in [-0.2, -0.15) is 0 Å². The van der Waals surface area contributed by atoms with Crippen LogP contribution in [0.25, 0.3) is 0 Å². The first kappa shape index (κ1) is 18.0. The molecule has 0 saturated carbocycles. The molecule has 0 bridgehead atoms. The molecule has 0 aromatic carbocycles. The lowest BCUT2D eigenvalue weighted by molar-refractivity contribution is -0.143. The van der Waals surface area contributed by atoms with E-state index in [1.807, 2.05) is 0 Å². The maximum absolute atomic E-state index is 11.7. The molecule has 1 aromatic rings. The molecule has 1 aromatic heterocycles. The molecule has 0 aliphatic heterocycles. The Morgan fingerprint density at radius 3 is 2.64 bits per heavy atom. The minimum absolute atomic E-state index is 0.339. The number of hydrogen-bond acceptors (Lipinski definition) is 6. The van der Waals surface area contributed by atoms with Crippen molar-refractivity contribution < 1.29 is 19.1 Å². The van der Waals surface area contributed by atoms with Gasteiger partial charge in [-0.1, -0.05) is 0 Å². The Labute approximate surface area is 130 Å². The van der Waals surface area contributed by atoms with Crippen molar-refractivity contribution in [2.45, 2.75) is 38.8 Å². The number of aromatic amines is 1. The summed E-state index contributed by atoms with van der Waals surface area (Å²) < 4.78 is 9.87. The van der Waals surface area contributed by atoms with Crippen LogP contribution in [0.5, 0.6) is 0 Å². The molecule has 8 nitrogen and oxygen atoms in total. The molecule has 22 heavy (non-hydrogen) atoms. The zero-order chi connectivity index (χ0) is 16.6. The van der Waals surface area contributed by atoms with E-state index in [1.165, 1.54) is 7.11 Å². The zero-order valence-electron chi connectivity index (χ0n) is 13.4. The fraction of sp³-hybridized carbons (Fsp3) is 0.643. The predicted molar refractivity (Wildman–Crippen MR) is 80.3 cm³/mol. The third-order valence-electron chi connectivity index (χ3n) is 2.65. The molecular weight excluding hydrogens is 288 g/mol. The topological polar surface area (TPSA) is 105 Å². The van der Waals surface area contributed by atoms with E-state index in [0.717, 1.165) is 5.69 Å². The molecule has 124 valence electrons. The number of ether oxygens (including phenoxy) is 2. The Morgan fingerprint density at radius 2 is 2.09 bits per heavy atom. The number of H-pyrrole nitrogens is 1. The number of carbonyl (C=O) groups is 2. The minimum atomic E-state index is -0.535. The summed E-state index contributed by atoms with van der Waals surface area (Å²) in [7, 11) is 1.34. The van der Waals surface area contributed by atoms with Gasteiger partial charge in [-0.25, -0.2) is 9.78 Å². The summed E-state index contributed by atoms with van der Waals surface area (Å²) in [5, 5.41) is 5.65. The van der Waals surface area contributed by atoms with Gasteiger partial charge in [0.25, 0.3) is 0 Å². The summed E-state index contributed by atoms with van der Waals surface area (Å²) in [4.78, 5) is 30.0. The molecule has 0 fully saturated rings. The summed E-state index contributed by atoms with van der Waals surface area (Å²) in [6, 6.07) is -0.508.